The van der Waals surface area contributed by atoms with E-state index in [9.17, 15) is 16.8 Å². The third-order valence-corrected chi connectivity index (χ3v) is 9.63. The molecule has 0 fully saturated rings. The van der Waals surface area contributed by atoms with E-state index in [-0.39, 0.29) is 11.5 Å². The minimum absolute atomic E-state index is 0.166. The Morgan fingerprint density at radius 3 is 1.12 bits per heavy atom. The van der Waals surface area contributed by atoms with Crippen molar-refractivity contribution in [1.82, 2.24) is 0 Å². The van der Waals surface area contributed by atoms with Crippen LogP contribution in [0.2, 0.25) is 0 Å². The van der Waals surface area contributed by atoms with Gasteiger partial charge in [-0.15, -0.1) is 0 Å². The minimum atomic E-state index is -3.84. The van der Waals surface area contributed by atoms with E-state index in [0.717, 1.165) is 64.2 Å². The van der Waals surface area contributed by atoms with E-state index in [1.165, 1.54) is 0 Å². The lowest BCUT2D eigenvalue weighted by atomic mass is 10.1. The summed E-state index contributed by atoms with van der Waals surface area (Å²) in [5.74, 6) is -0.332. The molecule has 0 amide bonds. The molecule has 0 saturated heterocycles. The number of hydrogen-bond acceptors (Lipinski definition) is 4. The quantitative estimate of drug-likeness (QED) is 0.265. The molecular formula is C18H34Cl2O4S2. The van der Waals surface area contributed by atoms with Crippen LogP contribution in [0.1, 0.15) is 90.9 Å². The fourth-order valence-electron chi connectivity index (χ4n) is 2.57. The summed E-state index contributed by atoms with van der Waals surface area (Å²) in [6, 6.07) is 0. The number of sulfone groups is 2. The maximum absolute atomic E-state index is 12.2. The van der Waals surface area contributed by atoms with Crippen molar-refractivity contribution < 1.29 is 16.8 Å². The fraction of sp³-hybridized carbons (Fsp3) is 0.889. The van der Waals surface area contributed by atoms with Gasteiger partial charge in [0.05, 0.1) is 11.5 Å². The molecule has 0 aromatic heterocycles. The smallest absolute Gasteiger partial charge is 0.191 e. The Morgan fingerprint density at radius 2 is 0.808 bits per heavy atom. The van der Waals surface area contributed by atoms with Gasteiger partial charge in [0.1, 0.15) is 0 Å². The lowest BCUT2D eigenvalue weighted by molar-refractivity contribution is 0.586. The molecule has 0 aliphatic carbocycles. The van der Waals surface area contributed by atoms with Crippen molar-refractivity contribution in [2.45, 2.75) is 90.9 Å². The summed E-state index contributed by atoms with van der Waals surface area (Å²) in [6.45, 7) is 4.23. The highest BCUT2D eigenvalue weighted by Crippen LogP contribution is 2.27. The third-order valence-electron chi connectivity index (χ3n) is 4.23. The zero-order valence-corrected chi connectivity index (χ0v) is 19.2. The van der Waals surface area contributed by atoms with Gasteiger partial charge in [-0.1, -0.05) is 101 Å². The van der Waals surface area contributed by atoms with E-state index in [2.05, 4.69) is 13.8 Å². The summed E-state index contributed by atoms with van der Waals surface area (Å²) in [7, 11) is -7.69. The van der Waals surface area contributed by atoms with Crippen LogP contribution in [-0.2, 0) is 19.7 Å². The van der Waals surface area contributed by atoms with Crippen molar-refractivity contribution >= 4 is 42.9 Å². The maximum Gasteiger partial charge on any atom is 0.191 e. The topological polar surface area (TPSA) is 68.3 Å². The minimum Gasteiger partial charge on any atom is -0.223 e. The average molecular weight is 450 g/mol. The Balaban J connectivity index is 4.57. The van der Waals surface area contributed by atoms with Gasteiger partial charge >= 0.3 is 0 Å². The van der Waals surface area contributed by atoms with Gasteiger partial charge in [-0.2, -0.15) is 0 Å². The monoisotopic (exact) mass is 448 g/mol. The number of hydrogen-bond donors (Lipinski definition) is 0. The lowest BCUT2D eigenvalue weighted by Gasteiger charge is -2.08. The van der Waals surface area contributed by atoms with Crippen molar-refractivity contribution in [1.29, 1.82) is 0 Å². The van der Waals surface area contributed by atoms with Crippen molar-refractivity contribution in [3.05, 3.63) is 8.73 Å². The Morgan fingerprint density at radius 1 is 0.538 bits per heavy atom. The van der Waals surface area contributed by atoms with Crippen LogP contribution in [0.3, 0.4) is 0 Å². The summed E-state index contributed by atoms with van der Waals surface area (Å²) in [5.41, 5.74) is 0. The molecule has 8 heteroatoms. The molecular weight excluding hydrogens is 415 g/mol. The van der Waals surface area contributed by atoms with E-state index in [1.807, 2.05) is 0 Å². The van der Waals surface area contributed by atoms with Gasteiger partial charge in [0.2, 0.25) is 0 Å². The first-order valence-corrected chi connectivity index (χ1v) is 13.8. The number of halogens is 2. The van der Waals surface area contributed by atoms with Crippen LogP contribution < -0.4 is 0 Å². The van der Waals surface area contributed by atoms with E-state index >= 15 is 0 Å². The first-order chi connectivity index (χ1) is 12.2. The second kappa shape index (κ2) is 14.3. The molecule has 0 aromatic rings. The van der Waals surface area contributed by atoms with E-state index in [0.29, 0.717) is 12.8 Å². The molecule has 0 spiro atoms. The summed E-state index contributed by atoms with van der Waals surface area (Å²) < 4.78 is 47.4. The van der Waals surface area contributed by atoms with E-state index in [1.54, 1.807) is 0 Å². The molecule has 0 rings (SSSR count). The van der Waals surface area contributed by atoms with Crippen LogP contribution in [0.15, 0.2) is 8.73 Å². The summed E-state index contributed by atoms with van der Waals surface area (Å²) in [4.78, 5) is 0. The van der Waals surface area contributed by atoms with Crippen molar-refractivity contribution in [3.8, 4) is 0 Å². The lowest BCUT2D eigenvalue weighted by Crippen LogP contribution is -2.13. The molecule has 0 aliphatic rings. The molecule has 156 valence electrons. The standard InChI is InChI=1S/C18H34Cl2O4S2/c1-3-5-7-9-11-13-15-25(21,22)17(19)18(20)26(23,24)16-14-12-10-8-6-4-2/h3-16H2,1-2H3/b18-17+. The largest absolute Gasteiger partial charge is 0.223 e. The summed E-state index contributed by atoms with van der Waals surface area (Å²) in [6.07, 6.45) is 11.1. The SMILES string of the molecule is CCCCCCCCS(=O)(=O)/C(Cl)=C(\Cl)S(=O)(=O)CCCCCCCC. The molecule has 0 N–H and O–H groups in total. The molecule has 0 bridgehead atoms. The van der Waals surface area contributed by atoms with Gasteiger partial charge in [-0.05, 0) is 12.8 Å². The first kappa shape index (κ1) is 26.2. The van der Waals surface area contributed by atoms with Crippen molar-refractivity contribution in [3.63, 3.8) is 0 Å². The van der Waals surface area contributed by atoms with Crippen LogP contribution in [0, 0.1) is 0 Å². The molecule has 0 aliphatic heterocycles. The molecule has 0 atom stereocenters. The fourth-order valence-corrected chi connectivity index (χ4v) is 6.51. The Bertz CT molecular complexity index is 557. The molecule has 4 nitrogen and oxygen atoms in total. The van der Waals surface area contributed by atoms with Crippen LogP contribution >= 0.6 is 23.2 Å². The second-order valence-electron chi connectivity index (χ2n) is 6.72. The van der Waals surface area contributed by atoms with Gasteiger partial charge in [0.15, 0.2) is 28.4 Å². The predicted octanol–water partition coefficient (Wildman–Crippen LogP) is 6.14. The van der Waals surface area contributed by atoms with Crippen LogP contribution in [0.4, 0.5) is 0 Å². The highest BCUT2D eigenvalue weighted by molar-refractivity contribution is 8.01. The molecule has 0 aromatic carbocycles. The summed E-state index contributed by atoms with van der Waals surface area (Å²) >= 11 is 11.7. The molecule has 26 heavy (non-hydrogen) atoms. The van der Waals surface area contributed by atoms with Gasteiger partial charge < -0.3 is 0 Å². The van der Waals surface area contributed by atoms with Crippen LogP contribution in [0.5, 0.6) is 0 Å². The van der Waals surface area contributed by atoms with Gasteiger partial charge in [0, 0.05) is 0 Å². The normalized spacial score (nSPS) is 13.7. The van der Waals surface area contributed by atoms with E-state index in [4.69, 9.17) is 23.2 Å². The van der Waals surface area contributed by atoms with Crippen LogP contribution in [0.25, 0.3) is 0 Å². The maximum atomic E-state index is 12.2. The number of unbranched alkanes of at least 4 members (excludes halogenated alkanes) is 10. The van der Waals surface area contributed by atoms with Gasteiger partial charge in [0.25, 0.3) is 0 Å². The molecule has 0 radical (unpaired) electrons. The van der Waals surface area contributed by atoms with Gasteiger partial charge in [-0.3, -0.25) is 0 Å². The highest BCUT2D eigenvalue weighted by atomic mass is 35.5. The Labute approximate surface area is 170 Å². The predicted molar refractivity (Wildman–Crippen MR) is 113 cm³/mol. The summed E-state index contributed by atoms with van der Waals surface area (Å²) in [5, 5.41) is 0. The molecule has 0 unspecified atom stereocenters. The number of rotatable bonds is 16. The Kier molecular flexibility index (Phi) is 14.4. The Hall–Kier alpha value is 0.220. The zero-order valence-electron chi connectivity index (χ0n) is 16.1. The van der Waals surface area contributed by atoms with E-state index < -0.39 is 28.4 Å². The first-order valence-electron chi connectivity index (χ1n) is 9.69. The van der Waals surface area contributed by atoms with Gasteiger partial charge in [-0.25, -0.2) is 16.8 Å². The van der Waals surface area contributed by atoms with Crippen molar-refractivity contribution in [2.24, 2.45) is 0 Å². The van der Waals surface area contributed by atoms with Crippen LogP contribution in [-0.4, -0.2) is 28.3 Å². The zero-order chi connectivity index (χ0) is 20.1. The average Bonchev–Trinajstić information content (AvgIpc) is 2.59. The molecule has 0 heterocycles. The third kappa shape index (κ3) is 11.2. The van der Waals surface area contributed by atoms with Crippen molar-refractivity contribution in [2.75, 3.05) is 11.5 Å². The second-order valence-corrected chi connectivity index (χ2v) is 12.0. The highest BCUT2D eigenvalue weighted by Gasteiger charge is 2.27. The molecule has 0 saturated carbocycles.